The van der Waals surface area contributed by atoms with Gasteiger partial charge in [-0.25, -0.2) is 0 Å². The molecule has 0 fully saturated rings. The summed E-state index contributed by atoms with van der Waals surface area (Å²) in [5, 5.41) is 0. The third kappa shape index (κ3) is 2.06. The lowest BCUT2D eigenvalue weighted by Gasteiger charge is -2.46. The van der Waals surface area contributed by atoms with Crippen LogP contribution < -0.4 is 4.74 Å². The molecule has 2 heteroatoms. The van der Waals surface area contributed by atoms with Gasteiger partial charge in [0.1, 0.15) is 5.75 Å². The SMILES string of the molecule is CC(C)(C)C1(c2ccccc2)Oc2ccccc2CC1=O. The number of carbonyl (C=O) groups excluding carboxylic acids is 1. The highest BCUT2D eigenvalue weighted by Crippen LogP contribution is 2.47. The number of carbonyl (C=O) groups is 1. The fourth-order valence-corrected chi connectivity index (χ4v) is 3.17. The van der Waals surface area contributed by atoms with Gasteiger partial charge in [-0.3, -0.25) is 4.79 Å². The van der Waals surface area contributed by atoms with Crippen molar-refractivity contribution in [2.75, 3.05) is 0 Å². The van der Waals surface area contributed by atoms with Crippen LogP contribution >= 0.6 is 0 Å². The maximum absolute atomic E-state index is 13.0. The van der Waals surface area contributed by atoms with E-state index < -0.39 is 5.60 Å². The number of Topliss-reactive ketones (excluding diaryl/α,β-unsaturated/α-hetero) is 1. The van der Waals surface area contributed by atoms with E-state index in [9.17, 15) is 4.79 Å². The van der Waals surface area contributed by atoms with Crippen molar-refractivity contribution in [3.63, 3.8) is 0 Å². The van der Waals surface area contributed by atoms with E-state index >= 15 is 0 Å². The Bertz CT molecular complexity index is 667. The van der Waals surface area contributed by atoms with Gasteiger partial charge in [0, 0.05) is 23.0 Å². The van der Waals surface area contributed by atoms with Gasteiger partial charge in [-0.2, -0.15) is 0 Å². The number of ketones is 1. The van der Waals surface area contributed by atoms with Crippen LogP contribution in [0, 0.1) is 5.41 Å². The monoisotopic (exact) mass is 280 g/mol. The van der Waals surface area contributed by atoms with Crippen molar-refractivity contribution in [1.29, 1.82) is 0 Å². The second-order valence-electron chi connectivity index (χ2n) is 6.61. The number of fused-ring (bicyclic) bond motifs is 1. The summed E-state index contributed by atoms with van der Waals surface area (Å²) in [4.78, 5) is 13.0. The van der Waals surface area contributed by atoms with Crippen LogP contribution in [-0.4, -0.2) is 5.78 Å². The molecule has 0 bridgehead atoms. The van der Waals surface area contributed by atoms with Crippen LogP contribution in [0.4, 0.5) is 0 Å². The van der Waals surface area contributed by atoms with Gasteiger partial charge in [0.15, 0.2) is 11.4 Å². The molecule has 0 aromatic heterocycles. The lowest BCUT2D eigenvalue weighted by Crippen LogP contribution is -2.54. The molecule has 2 aromatic carbocycles. The van der Waals surface area contributed by atoms with Crippen LogP contribution in [0.15, 0.2) is 54.6 Å². The molecule has 0 amide bonds. The zero-order valence-corrected chi connectivity index (χ0v) is 12.7. The Kier molecular flexibility index (Phi) is 3.12. The van der Waals surface area contributed by atoms with Gasteiger partial charge in [0.05, 0.1) is 0 Å². The van der Waals surface area contributed by atoms with Crippen molar-refractivity contribution in [3.8, 4) is 5.75 Å². The lowest BCUT2D eigenvalue weighted by molar-refractivity contribution is -0.148. The van der Waals surface area contributed by atoms with Gasteiger partial charge < -0.3 is 4.74 Å². The summed E-state index contributed by atoms with van der Waals surface area (Å²) in [6, 6.07) is 17.7. The topological polar surface area (TPSA) is 26.3 Å². The second-order valence-corrected chi connectivity index (χ2v) is 6.61. The van der Waals surface area contributed by atoms with E-state index in [0.29, 0.717) is 6.42 Å². The molecule has 0 saturated heterocycles. The van der Waals surface area contributed by atoms with Gasteiger partial charge in [-0.15, -0.1) is 0 Å². The van der Waals surface area contributed by atoms with E-state index in [0.717, 1.165) is 16.9 Å². The third-order valence-corrected chi connectivity index (χ3v) is 4.22. The van der Waals surface area contributed by atoms with Gasteiger partial charge >= 0.3 is 0 Å². The summed E-state index contributed by atoms with van der Waals surface area (Å²) in [7, 11) is 0. The van der Waals surface area contributed by atoms with Crippen LogP contribution in [0.2, 0.25) is 0 Å². The normalized spacial score (nSPS) is 21.6. The summed E-state index contributed by atoms with van der Waals surface area (Å²) in [5.74, 6) is 0.941. The average Bonchev–Trinajstić information content (AvgIpc) is 2.46. The van der Waals surface area contributed by atoms with Crippen LogP contribution in [0.3, 0.4) is 0 Å². The first-order valence-electron chi connectivity index (χ1n) is 7.31. The van der Waals surface area contributed by atoms with Crippen LogP contribution in [0.1, 0.15) is 31.9 Å². The maximum atomic E-state index is 13.0. The van der Waals surface area contributed by atoms with E-state index in [-0.39, 0.29) is 11.2 Å². The van der Waals surface area contributed by atoms with Gasteiger partial charge in [0.2, 0.25) is 0 Å². The number of hydrogen-bond acceptors (Lipinski definition) is 2. The van der Waals surface area contributed by atoms with E-state index in [1.807, 2.05) is 54.6 Å². The highest BCUT2D eigenvalue weighted by atomic mass is 16.5. The molecule has 108 valence electrons. The molecule has 0 saturated carbocycles. The van der Waals surface area contributed by atoms with Crippen molar-refractivity contribution in [2.45, 2.75) is 32.8 Å². The molecule has 1 aliphatic rings. The Morgan fingerprint density at radius 3 is 2.24 bits per heavy atom. The number of rotatable bonds is 1. The van der Waals surface area contributed by atoms with E-state index in [1.54, 1.807) is 0 Å². The molecule has 0 radical (unpaired) electrons. The van der Waals surface area contributed by atoms with Crippen LogP contribution in [0.25, 0.3) is 0 Å². The number of para-hydroxylation sites is 1. The van der Waals surface area contributed by atoms with Crippen molar-refractivity contribution in [3.05, 3.63) is 65.7 Å². The molecule has 1 atom stereocenters. The largest absolute Gasteiger partial charge is 0.474 e. The van der Waals surface area contributed by atoms with Gasteiger partial charge in [-0.1, -0.05) is 69.3 Å². The molecular formula is C19H20O2. The zero-order chi connectivity index (χ0) is 15.1. The first-order chi connectivity index (χ1) is 9.95. The Labute approximate surface area is 125 Å². The summed E-state index contributed by atoms with van der Waals surface area (Å²) in [6.45, 7) is 6.18. The van der Waals surface area contributed by atoms with E-state index in [4.69, 9.17) is 4.74 Å². The third-order valence-electron chi connectivity index (χ3n) is 4.22. The molecule has 3 rings (SSSR count). The highest BCUT2D eigenvalue weighted by Gasteiger charge is 2.54. The van der Waals surface area contributed by atoms with Crippen molar-refractivity contribution >= 4 is 5.78 Å². The number of hydrogen-bond donors (Lipinski definition) is 0. The maximum Gasteiger partial charge on any atom is 0.197 e. The number of ether oxygens (including phenoxy) is 1. The molecule has 1 heterocycles. The molecule has 2 aromatic rings. The van der Waals surface area contributed by atoms with E-state index in [1.165, 1.54) is 0 Å². The molecule has 0 spiro atoms. The minimum atomic E-state index is -0.928. The van der Waals surface area contributed by atoms with Crippen LogP contribution in [-0.2, 0) is 16.8 Å². The van der Waals surface area contributed by atoms with Crippen LogP contribution in [0.5, 0.6) is 5.75 Å². The molecule has 2 nitrogen and oxygen atoms in total. The summed E-state index contributed by atoms with van der Waals surface area (Å²) < 4.78 is 6.33. The minimum Gasteiger partial charge on any atom is -0.474 e. The summed E-state index contributed by atoms with van der Waals surface area (Å²) in [5.41, 5.74) is 0.636. The molecule has 1 aliphatic heterocycles. The number of benzene rings is 2. The lowest BCUT2D eigenvalue weighted by atomic mass is 9.67. The molecule has 1 unspecified atom stereocenters. The predicted octanol–water partition coefficient (Wildman–Crippen LogP) is 4.13. The standard InChI is InChI=1S/C19H20O2/c1-18(2,3)19(15-10-5-4-6-11-15)17(20)13-14-9-7-8-12-16(14)21-19/h4-12H,13H2,1-3H3. The Morgan fingerprint density at radius 2 is 1.57 bits per heavy atom. The molecule has 21 heavy (non-hydrogen) atoms. The van der Waals surface area contributed by atoms with Gasteiger partial charge in [-0.05, 0) is 6.07 Å². The first-order valence-corrected chi connectivity index (χ1v) is 7.31. The van der Waals surface area contributed by atoms with Crippen molar-refractivity contribution in [2.24, 2.45) is 5.41 Å². The first kappa shape index (κ1) is 13.9. The smallest absolute Gasteiger partial charge is 0.197 e. The van der Waals surface area contributed by atoms with Crippen molar-refractivity contribution in [1.82, 2.24) is 0 Å². The fourth-order valence-electron chi connectivity index (χ4n) is 3.17. The average molecular weight is 280 g/mol. The minimum absolute atomic E-state index is 0.125. The molecule has 0 aliphatic carbocycles. The summed E-state index contributed by atoms with van der Waals surface area (Å²) >= 11 is 0. The Balaban J connectivity index is 2.21. The Morgan fingerprint density at radius 1 is 0.952 bits per heavy atom. The zero-order valence-electron chi connectivity index (χ0n) is 12.7. The fraction of sp³-hybridized carbons (Fsp3) is 0.316. The molecule has 0 N–H and O–H groups in total. The quantitative estimate of drug-likeness (QED) is 0.785. The van der Waals surface area contributed by atoms with Gasteiger partial charge in [0.25, 0.3) is 0 Å². The highest BCUT2D eigenvalue weighted by molar-refractivity contribution is 5.93. The summed E-state index contributed by atoms with van der Waals surface area (Å²) in [6.07, 6.45) is 0.419. The second kappa shape index (κ2) is 4.73. The van der Waals surface area contributed by atoms with E-state index in [2.05, 4.69) is 20.8 Å². The Hall–Kier alpha value is -2.09. The predicted molar refractivity (Wildman–Crippen MR) is 83.4 cm³/mol. The molecular weight excluding hydrogens is 260 g/mol. The van der Waals surface area contributed by atoms with Crippen molar-refractivity contribution < 1.29 is 9.53 Å².